The van der Waals surface area contributed by atoms with Crippen LogP contribution in [0.1, 0.15) is 17.4 Å². The maximum atomic E-state index is 6.02. The molecule has 0 aliphatic heterocycles. The summed E-state index contributed by atoms with van der Waals surface area (Å²) in [5.41, 5.74) is 1.92. The van der Waals surface area contributed by atoms with Gasteiger partial charge in [-0.1, -0.05) is 23.7 Å². The Labute approximate surface area is 128 Å². The van der Waals surface area contributed by atoms with E-state index in [0.717, 1.165) is 28.0 Å². The predicted octanol–water partition coefficient (Wildman–Crippen LogP) is 4.40. The highest BCUT2D eigenvalue weighted by molar-refractivity contribution is 6.31. The zero-order valence-electron chi connectivity index (χ0n) is 11.9. The van der Waals surface area contributed by atoms with E-state index in [1.54, 1.807) is 7.11 Å². The second-order valence-corrected chi connectivity index (χ2v) is 5.27. The first-order chi connectivity index (χ1) is 10.2. The van der Waals surface area contributed by atoms with E-state index in [1.165, 1.54) is 0 Å². The lowest BCUT2D eigenvalue weighted by molar-refractivity contribution is 0.413. The van der Waals surface area contributed by atoms with Crippen LogP contribution in [-0.4, -0.2) is 14.2 Å². The van der Waals surface area contributed by atoms with Crippen molar-refractivity contribution in [1.82, 2.24) is 5.32 Å². The van der Waals surface area contributed by atoms with Gasteiger partial charge in [0.15, 0.2) is 0 Å². The van der Waals surface area contributed by atoms with Gasteiger partial charge in [0.1, 0.15) is 17.1 Å². The third-order valence-corrected chi connectivity index (χ3v) is 3.73. The minimum Gasteiger partial charge on any atom is -0.497 e. The van der Waals surface area contributed by atoms with Crippen molar-refractivity contribution in [1.29, 1.82) is 0 Å². The molecule has 0 fully saturated rings. The van der Waals surface area contributed by atoms with Crippen LogP contribution in [-0.2, 0) is 0 Å². The molecule has 108 valence electrons. The van der Waals surface area contributed by atoms with E-state index in [9.17, 15) is 0 Å². The molecule has 4 heteroatoms. The van der Waals surface area contributed by atoms with E-state index in [0.29, 0.717) is 5.02 Å². The van der Waals surface area contributed by atoms with E-state index in [2.05, 4.69) is 5.32 Å². The fraction of sp³-hybridized carbons (Fsp3) is 0.176. The summed E-state index contributed by atoms with van der Waals surface area (Å²) in [6.07, 6.45) is 0. The van der Waals surface area contributed by atoms with Crippen molar-refractivity contribution in [3.05, 3.63) is 64.9 Å². The number of hydrogen-bond acceptors (Lipinski definition) is 3. The van der Waals surface area contributed by atoms with Gasteiger partial charge >= 0.3 is 0 Å². The number of hydrogen-bond donors (Lipinski definition) is 1. The average Bonchev–Trinajstić information content (AvgIpc) is 2.91. The Balaban J connectivity index is 2.04. The number of rotatable bonds is 4. The molecular weight excluding hydrogens is 286 g/mol. The maximum Gasteiger partial charge on any atom is 0.134 e. The van der Waals surface area contributed by atoms with Crippen LogP contribution in [0.4, 0.5) is 0 Å². The summed E-state index contributed by atoms with van der Waals surface area (Å²) in [6, 6.07) is 15.5. The van der Waals surface area contributed by atoms with Crippen LogP contribution in [0.15, 0.2) is 52.9 Å². The number of benzene rings is 2. The van der Waals surface area contributed by atoms with Crippen molar-refractivity contribution in [2.24, 2.45) is 0 Å². The van der Waals surface area contributed by atoms with Crippen LogP contribution in [0.3, 0.4) is 0 Å². The van der Waals surface area contributed by atoms with Crippen LogP contribution in [0.5, 0.6) is 5.75 Å². The van der Waals surface area contributed by atoms with E-state index in [1.807, 2.05) is 55.6 Å². The van der Waals surface area contributed by atoms with Crippen LogP contribution in [0.25, 0.3) is 11.0 Å². The minimum atomic E-state index is -0.0359. The van der Waals surface area contributed by atoms with Gasteiger partial charge in [0, 0.05) is 10.4 Å². The third-order valence-electron chi connectivity index (χ3n) is 3.50. The summed E-state index contributed by atoms with van der Waals surface area (Å²) < 4.78 is 11.2. The number of furan rings is 1. The lowest BCUT2D eigenvalue weighted by atomic mass is 10.0. The highest BCUT2D eigenvalue weighted by atomic mass is 35.5. The van der Waals surface area contributed by atoms with Crippen molar-refractivity contribution in [2.45, 2.75) is 6.04 Å². The fourth-order valence-electron chi connectivity index (χ4n) is 2.47. The highest BCUT2D eigenvalue weighted by Crippen LogP contribution is 2.30. The van der Waals surface area contributed by atoms with Crippen molar-refractivity contribution >= 4 is 22.6 Å². The SMILES string of the molecule is CNC(c1cccc(OC)c1)c1cc2cc(Cl)ccc2o1. The molecule has 2 aromatic carbocycles. The van der Waals surface area contributed by atoms with Crippen molar-refractivity contribution in [3.63, 3.8) is 0 Å². The second kappa shape index (κ2) is 5.80. The topological polar surface area (TPSA) is 34.4 Å². The molecule has 0 amide bonds. The zero-order valence-corrected chi connectivity index (χ0v) is 12.6. The summed E-state index contributed by atoms with van der Waals surface area (Å²) in [5.74, 6) is 1.68. The van der Waals surface area contributed by atoms with Gasteiger partial charge in [-0.2, -0.15) is 0 Å². The van der Waals surface area contributed by atoms with Gasteiger partial charge in [0.2, 0.25) is 0 Å². The summed E-state index contributed by atoms with van der Waals surface area (Å²) in [5, 5.41) is 4.99. The smallest absolute Gasteiger partial charge is 0.134 e. The second-order valence-electron chi connectivity index (χ2n) is 4.83. The molecule has 0 saturated heterocycles. The number of fused-ring (bicyclic) bond motifs is 1. The van der Waals surface area contributed by atoms with E-state index in [-0.39, 0.29) is 6.04 Å². The van der Waals surface area contributed by atoms with Crippen molar-refractivity contribution < 1.29 is 9.15 Å². The molecule has 1 unspecified atom stereocenters. The molecule has 0 bridgehead atoms. The van der Waals surface area contributed by atoms with Crippen LogP contribution in [0, 0.1) is 0 Å². The molecule has 1 atom stereocenters. The zero-order chi connectivity index (χ0) is 14.8. The summed E-state index contributed by atoms with van der Waals surface area (Å²) in [6.45, 7) is 0. The monoisotopic (exact) mass is 301 g/mol. The minimum absolute atomic E-state index is 0.0359. The summed E-state index contributed by atoms with van der Waals surface area (Å²) in [7, 11) is 3.57. The van der Waals surface area contributed by atoms with Gasteiger partial charge in [-0.3, -0.25) is 0 Å². The Bertz CT molecular complexity index is 766. The first kappa shape index (κ1) is 14.0. The Morgan fingerprint density at radius 3 is 2.76 bits per heavy atom. The Morgan fingerprint density at radius 2 is 2.00 bits per heavy atom. The molecule has 21 heavy (non-hydrogen) atoms. The van der Waals surface area contributed by atoms with E-state index >= 15 is 0 Å². The summed E-state index contributed by atoms with van der Waals surface area (Å²) >= 11 is 6.02. The number of nitrogens with one attached hydrogen (secondary N) is 1. The molecule has 0 aliphatic carbocycles. The molecular formula is C17H16ClNO2. The maximum absolute atomic E-state index is 6.02. The van der Waals surface area contributed by atoms with Crippen molar-refractivity contribution in [3.8, 4) is 5.75 Å². The first-order valence-corrected chi connectivity index (χ1v) is 7.09. The fourth-order valence-corrected chi connectivity index (χ4v) is 2.65. The number of halogens is 1. The third kappa shape index (κ3) is 2.75. The molecule has 1 heterocycles. The van der Waals surface area contributed by atoms with Gasteiger partial charge in [-0.05, 0) is 49.0 Å². The number of methoxy groups -OCH3 is 1. The largest absolute Gasteiger partial charge is 0.497 e. The molecule has 0 aliphatic rings. The number of ether oxygens (including phenoxy) is 1. The molecule has 0 radical (unpaired) electrons. The van der Waals surface area contributed by atoms with Gasteiger partial charge in [0.05, 0.1) is 13.2 Å². The van der Waals surface area contributed by atoms with Gasteiger partial charge in [-0.15, -0.1) is 0 Å². The van der Waals surface area contributed by atoms with Crippen LogP contribution in [0.2, 0.25) is 5.02 Å². The van der Waals surface area contributed by atoms with Crippen LogP contribution >= 0.6 is 11.6 Å². The highest BCUT2D eigenvalue weighted by Gasteiger charge is 2.17. The normalized spacial score (nSPS) is 12.5. The van der Waals surface area contributed by atoms with Gasteiger partial charge in [-0.25, -0.2) is 0 Å². The lowest BCUT2D eigenvalue weighted by Crippen LogP contribution is -2.16. The average molecular weight is 302 g/mol. The first-order valence-electron chi connectivity index (χ1n) is 6.71. The Kier molecular flexibility index (Phi) is 3.86. The van der Waals surface area contributed by atoms with Gasteiger partial charge < -0.3 is 14.5 Å². The Hall–Kier alpha value is -1.97. The molecule has 3 rings (SSSR count). The molecule has 3 nitrogen and oxygen atoms in total. The molecule has 0 spiro atoms. The standard InChI is InChI=1S/C17H16ClNO2/c1-19-17(11-4-3-5-14(9-11)20-2)16-10-12-8-13(18)6-7-15(12)21-16/h3-10,17,19H,1-2H3. The lowest BCUT2D eigenvalue weighted by Gasteiger charge is -2.14. The molecule has 3 aromatic rings. The van der Waals surface area contributed by atoms with Gasteiger partial charge in [0.25, 0.3) is 0 Å². The van der Waals surface area contributed by atoms with Crippen LogP contribution < -0.4 is 10.1 Å². The van der Waals surface area contributed by atoms with E-state index < -0.39 is 0 Å². The predicted molar refractivity (Wildman–Crippen MR) is 85.1 cm³/mol. The quantitative estimate of drug-likeness (QED) is 0.775. The van der Waals surface area contributed by atoms with E-state index in [4.69, 9.17) is 20.8 Å². The molecule has 1 aromatic heterocycles. The molecule has 0 saturated carbocycles. The van der Waals surface area contributed by atoms with Crippen molar-refractivity contribution in [2.75, 3.05) is 14.2 Å². The summed E-state index contributed by atoms with van der Waals surface area (Å²) in [4.78, 5) is 0. The Morgan fingerprint density at radius 1 is 1.14 bits per heavy atom. The molecule has 1 N–H and O–H groups in total.